The van der Waals surface area contributed by atoms with Crippen LogP contribution in [0.15, 0.2) is 54.0 Å². The number of hydrogen-bond donors (Lipinski definition) is 2. The van der Waals surface area contributed by atoms with E-state index in [2.05, 4.69) is 15.3 Å². The van der Waals surface area contributed by atoms with Crippen molar-refractivity contribution < 1.29 is 5.11 Å². The summed E-state index contributed by atoms with van der Waals surface area (Å²) in [6, 6.07) is 13.5. The van der Waals surface area contributed by atoms with Crippen LogP contribution in [0.2, 0.25) is 0 Å². The molecule has 1 aromatic carbocycles. The van der Waals surface area contributed by atoms with Crippen molar-refractivity contribution >= 4 is 17.0 Å². The molecule has 0 amide bonds. The number of benzene rings is 1. The Hall–Kier alpha value is -2.24. The molecule has 5 heteroatoms. The van der Waals surface area contributed by atoms with E-state index in [-0.39, 0.29) is 6.61 Å². The molecule has 2 N–H and O–H groups in total. The van der Waals surface area contributed by atoms with Gasteiger partial charge in [-0.1, -0.05) is 18.2 Å². The van der Waals surface area contributed by atoms with E-state index in [4.69, 9.17) is 5.11 Å². The SMILES string of the molecule is OCc1ccc(NCc2csc(-c3ccccn3)n2)cc1. The maximum atomic E-state index is 9.01. The molecule has 0 aliphatic carbocycles. The zero-order valence-corrected chi connectivity index (χ0v) is 12.2. The summed E-state index contributed by atoms with van der Waals surface area (Å²) in [7, 11) is 0. The summed E-state index contributed by atoms with van der Waals surface area (Å²) in [5.41, 5.74) is 3.82. The summed E-state index contributed by atoms with van der Waals surface area (Å²) < 4.78 is 0. The molecule has 0 spiro atoms. The average Bonchev–Trinajstić information content (AvgIpc) is 3.03. The Morgan fingerprint density at radius 3 is 2.67 bits per heavy atom. The Bertz CT molecular complexity index is 695. The number of nitrogens with one attached hydrogen (secondary N) is 1. The first-order chi connectivity index (χ1) is 10.3. The molecular formula is C16H15N3OS. The van der Waals surface area contributed by atoms with Crippen molar-refractivity contribution in [3.63, 3.8) is 0 Å². The number of hydrogen-bond acceptors (Lipinski definition) is 5. The van der Waals surface area contributed by atoms with Gasteiger partial charge < -0.3 is 10.4 Å². The van der Waals surface area contributed by atoms with E-state index < -0.39 is 0 Å². The van der Waals surface area contributed by atoms with E-state index >= 15 is 0 Å². The van der Waals surface area contributed by atoms with E-state index in [0.29, 0.717) is 6.54 Å². The van der Waals surface area contributed by atoms with E-state index in [1.54, 1.807) is 17.5 Å². The van der Waals surface area contributed by atoms with Gasteiger partial charge in [-0.05, 0) is 29.8 Å². The third-order valence-electron chi connectivity index (χ3n) is 3.05. The number of nitrogens with zero attached hydrogens (tertiary/aromatic N) is 2. The Kier molecular flexibility index (Phi) is 4.23. The van der Waals surface area contributed by atoms with Gasteiger partial charge in [0.15, 0.2) is 0 Å². The fourth-order valence-electron chi connectivity index (χ4n) is 1.92. The van der Waals surface area contributed by atoms with Gasteiger partial charge in [0, 0.05) is 17.3 Å². The van der Waals surface area contributed by atoms with E-state index in [1.807, 2.05) is 47.8 Å². The summed E-state index contributed by atoms with van der Waals surface area (Å²) in [5, 5.41) is 15.3. The Morgan fingerprint density at radius 1 is 1.10 bits per heavy atom. The second-order valence-electron chi connectivity index (χ2n) is 4.57. The molecule has 0 aliphatic rings. The second kappa shape index (κ2) is 6.47. The summed E-state index contributed by atoms with van der Waals surface area (Å²) in [6.07, 6.45) is 1.78. The molecule has 2 aromatic heterocycles. The van der Waals surface area contributed by atoms with Crippen molar-refractivity contribution in [3.8, 4) is 10.7 Å². The lowest BCUT2D eigenvalue weighted by Gasteiger charge is -2.05. The van der Waals surface area contributed by atoms with Gasteiger partial charge >= 0.3 is 0 Å². The standard InChI is InChI=1S/C16H15N3OS/c20-10-12-4-6-13(7-5-12)18-9-14-11-21-16(19-14)15-3-1-2-8-17-15/h1-8,11,18,20H,9-10H2. The first-order valence-corrected chi connectivity index (χ1v) is 7.52. The van der Waals surface area contributed by atoms with Crippen LogP contribution in [-0.4, -0.2) is 15.1 Å². The van der Waals surface area contributed by atoms with Crippen LogP contribution < -0.4 is 5.32 Å². The van der Waals surface area contributed by atoms with E-state index in [0.717, 1.165) is 27.6 Å². The van der Waals surface area contributed by atoms with Crippen LogP contribution in [0.25, 0.3) is 10.7 Å². The highest BCUT2D eigenvalue weighted by molar-refractivity contribution is 7.13. The number of rotatable bonds is 5. The minimum Gasteiger partial charge on any atom is -0.392 e. The molecule has 106 valence electrons. The summed E-state index contributed by atoms with van der Waals surface area (Å²) in [6.45, 7) is 0.738. The van der Waals surface area contributed by atoms with Gasteiger partial charge in [0.2, 0.25) is 0 Å². The maximum Gasteiger partial charge on any atom is 0.142 e. The van der Waals surface area contributed by atoms with Gasteiger partial charge in [0.1, 0.15) is 5.01 Å². The first kappa shape index (κ1) is 13.7. The third kappa shape index (κ3) is 3.45. The molecule has 0 bridgehead atoms. The molecule has 2 heterocycles. The smallest absolute Gasteiger partial charge is 0.142 e. The van der Waals surface area contributed by atoms with Crippen molar-refractivity contribution in [2.75, 3.05) is 5.32 Å². The molecule has 0 aliphatic heterocycles. The highest BCUT2D eigenvalue weighted by Crippen LogP contribution is 2.21. The Balaban J connectivity index is 1.64. The van der Waals surface area contributed by atoms with Crippen molar-refractivity contribution in [1.82, 2.24) is 9.97 Å². The monoisotopic (exact) mass is 297 g/mol. The van der Waals surface area contributed by atoms with Gasteiger partial charge in [-0.2, -0.15) is 0 Å². The number of thiazole rings is 1. The van der Waals surface area contributed by atoms with Gasteiger partial charge in [-0.3, -0.25) is 4.98 Å². The fraction of sp³-hybridized carbons (Fsp3) is 0.125. The number of aromatic nitrogens is 2. The van der Waals surface area contributed by atoms with Crippen molar-refractivity contribution in [2.45, 2.75) is 13.2 Å². The predicted molar refractivity (Wildman–Crippen MR) is 85.0 cm³/mol. The van der Waals surface area contributed by atoms with Crippen LogP contribution in [-0.2, 0) is 13.2 Å². The highest BCUT2D eigenvalue weighted by atomic mass is 32.1. The molecule has 4 nitrogen and oxygen atoms in total. The van der Waals surface area contributed by atoms with Gasteiger partial charge in [-0.25, -0.2) is 4.98 Å². The lowest BCUT2D eigenvalue weighted by atomic mass is 10.2. The molecule has 0 unspecified atom stereocenters. The third-order valence-corrected chi connectivity index (χ3v) is 3.96. The van der Waals surface area contributed by atoms with E-state index in [9.17, 15) is 0 Å². The zero-order valence-electron chi connectivity index (χ0n) is 11.4. The van der Waals surface area contributed by atoms with Gasteiger partial charge in [0.05, 0.1) is 24.5 Å². The Morgan fingerprint density at radius 2 is 1.95 bits per heavy atom. The molecule has 0 saturated heterocycles. The number of pyridine rings is 1. The van der Waals surface area contributed by atoms with Gasteiger partial charge in [0.25, 0.3) is 0 Å². The normalized spacial score (nSPS) is 10.5. The average molecular weight is 297 g/mol. The minimum atomic E-state index is 0.0692. The van der Waals surface area contributed by atoms with Crippen LogP contribution in [0, 0.1) is 0 Å². The molecule has 3 rings (SSSR count). The maximum absolute atomic E-state index is 9.01. The molecule has 0 radical (unpaired) electrons. The van der Waals surface area contributed by atoms with Crippen LogP contribution in [0.5, 0.6) is 0 Å². The number of anilines is 1. The molecule has 0 saturated carbocycles. The molecule has 0 fully saturated rings. The van der Waals surface area contributed by atoms with Gasteiger partial charge in [-0.15, -0.1) is 11.3 Å². The molecule has 3 aromatic rings. The zero-order chi connectivity index (χ0) is 14.5. The topological polar surface area (TPSA) is 58.0 Å². The van der Waals surface area contributed by atoms with Crippen LogP contribution in [0.3, 0.4) is 0 Å². The summed E-state index contributed by atoms with van der Waals surface area (Å²) >= 11 is 1.60. The number of aliphatic hydroxyl groups excluding tert-OH is 1. The highest BCUT2D eigenvalue weighted by Gasteiger charge is 2.05. The Labute approximate surface area is 127 Å². The molecule has 21 heavy (non-hydrogen) atoms. The van der Waals surface area contributed by atoms with Crippen LogP contribution in [0.4, 0.5) is 5.69 Å². The largest absolute Gasteiger partial charge is 0.392 e. The lowest BCUT2D eigenvalue weighted by molar-refractivity contribution is 0.282. The minimum absolute atomic E-state index is 0.0692. The van der Waals surface area contributed by atoms with Crippen LogP contribution in [0.1, 0.15) is 11.3 Å². The summed E-state index contributed by atoms with van der Waals surface area (Å²) in [5.74, 6) is 0. The summed E-state index contributed by atoms with van der Waals surface area (Å²) in [4.78, 5) is 8.89. The van der Waals surface area contributed by atoms with E-state index in [1.165, 1.54) is 0 Å². The molecular weight excluding hydrogens is 282 g/mol. The van der Waals surface area contributed by atoms with Crippen molar-refractivity contribution in [3.05, 3.63) is 65.3 Å². The lowest BCUT2D eigenvalue weighted by Crippen LogP contribution is -1.99. The van der Waals surface area contributed by atoms with Crippen molar-refractivity contribution in [1.29, 1.82) is 0 Å². The first-order valence-electron chi connectivity index (χ1n) is 6.64. The van der Waals surface area contributed by atoms with Crippen LogP contribution >= 0.6 is 11.3 Å². The van der Waals surface area contributed by atoms with Crippen molar-refractivity contribution in [2.24, 2.45) is 0 Å². The number of aliphatic hydroxyl groups is 1. The fourth-order valence-corrected chi connectivity index (χ4v) is 2.71. The predicted octanol–water partition coefficient (Wildman–Crippen LogP) is 3.31. The quantitative estimate of drug-likeness (QED) is 0.758. The second-order valence-corrected chi connectivity index (χ2v) is 5.43. The molecule has 0 atom stereocenters.